The van der Waals surface area contributed by atoms with Crippen molar-refractivity contribution in [3.8, 4) is 0 Å². The van der Waals surface area contributed by atoms with Gasteiger partial charge in [-0.25, -0.2) is 9.36 Å². The Labute approximate surface area is 387 Å². The molecule has 0 aromatic carbocycles. The highest BCUT2D eigenvalue weighted by atomic mass is 31.2. The Morgan fingerprint density at radius 1 is 0.516 bits per heavy atom. The number of esters is 2. The van der Waals surface area contributed by atoms with Crippen LogP contribution in [0.2, 0.25) is 0 Å². The molecule has 8 atom stereocenters. The molecule has 1 aliphatic carbocycles. The molecule has 0 saturated heterocycles. The van der Waals surface area contributed by atoms with Gasteiger partial charge in [0, 0.05) is 12.5 Å². The van der Waals surface area contributed by atoms with Crippen molar-refractivity contribution >= 4 is 19.8 Å². The van der Waals surface area contributed by atoms with E-state index in [4.69, 9.17) is 18.5 Å². The van der Waals surface area contributed by atoms with Crippen LogP contribution in [0.25, 0.3) is 0 Å². The number of carbonyl (C=O) groups is 2. The van der Waals surface area contributed by atoms with Gasteiger partial charge in [0.25, 0.3) is 0 Å². The van der Waals surface area contributed by atoms with E-state index >= 15 is 0 Å². The summed E-state index contributed by atoms with van der Waals surface area (Å²) in [4.78, 5) is 35.7. The maximum Gasteiger partial charge on any atom is 0.472 e. The maximum absolute atomic E-state index is 12.8. The lowest BCUT2D eigenvalue weighted by molar-refractivity contribution is -0.220. The summed E-state index contributed by atoms with van der Waals surface area (Å²) >= 11 is 0. The van der Waals surface area contributed by atoms with Gasteiger partial charge in [-0.3, -0.25) is 13.8 Å². The molecule has 0 aromatic heterocycles. The minimum atomic E-state index is -5.14. The second kappa shape index (κ2) is 40.4. The number of phosphoric ester groups is 1. The topological polar surface area (TPSA) is 210 Å². The molecule has 0 heterocycles. The van der Waals surface area contributed by atoms with Gasteiger partial charge in [-0.05, 0) is 19.3 Å². The fourth-order valence-corrected chi connectivity index (χ4v) is 9.00. The van der Waals surface area contributed by atoms with Crippen molar-refractivity contribution in [3.63, 3.8) is 0 Å². The van der Waals surface area contributed by atoms with Crippen LogP contribution in [0.15, 0.2) is 24.3 Å². The summed E-state index contributed by atoms with van der Waals surface area (Å²) in [6, 6.07) is 0. The molecule has 0 bridgehead atoms. The Bertz CT molecular complexity index is 1220. The lowest BCUT2D eigenvalue weighted by Gasteiger charge is -2.41. The second-order valence-corrected chi connectivity index (χ2v) is 19.5. The van der Waals surface area contributed by atoms with Crippen LogP contribution in [-0.2, 0) is 32.7 Å². The van der Waals surface area contributed by atoms with Gasteiger partial charge in [-0.1, -0.05) is 218 Å². The Balaban J connectivity index is 2.42. The first-order valence-electron chi connectivity index (χ1n) is 25.7. The number of unbranched alkanes of at least 4 members (excludes halogenated alkanes) is 30. The molecule has 376 valence electrons. The van der Waals surface area contributed by atoms with E-state index in [-0.39, 0.29) is 6.42 Å². The zero-order valence-corrected chi connectivity index (χ0v) is 41.0. The van der Waals surface area contributed by atoms with Crippen molar-refractivity contribution in [1.82, 2.24) is 0 Å². The summed E-state index contributed by atoms with van der Waals surface area (Å²) in [5.74, 6) is -1.34. The number of hydrogen-bond donors (Lipinski definition) is 6. The SMILES string of the molecule is CCCCCCCCCCCCC/C=C/C=C/C(=O)OC[C@H](COP(=O)(O)OC1C(O)C(O)C(O)[C@@H](O)C1O)OC(=O)CCCCCCCCCCCCCCCCCCCCCC. The number of phosphoric acid groups is 1. The summed E-state index contributed by atoms with van der Waals surface area (Å²) in [6.07, 6.45) is 32.9. The third-order valence-corrected chi connectivity index (χ3v) is 13.1. The fraction of sp³-hybridized carbons (Fsp3) is 0.880. The van der Waals surface area contributed by atoms with Gasteiger partial charge >= 0.3 is 19.8 Å². The van der Waals surface area contributed by atoms with Gasteiger partial charge in [0.2, 0.25) is 0 Å². The molecule has 0 amide bonds. The number of ether oxygens (including phenoxy) is 2. The maximum atomic E-state index is 12.8. The molecule has 6 unspecified atom stereocenters. The Hall–Kier alpha value is -1.67. The largest absolute Gasteiger partial charge is 0.472 e. The fourth-order valence-electron chi connectivity index (χ4n) is 8.03. The van der Waals surface area contributed by atoms with Crippen LogP contribution in [0, 0.1) is 0 Å². The van der Waals surface area contributed by atoms with Crippen LogP contribution in [0.4, 0.5) is 0 Å². The predicted molar refractivity (Wildman–Crippen MR) is 254 cm³/mol. The molecule has 0 aromatic rings. The highest BCUT2D eigenvalue weighted by Gasteiger charge is 2.51. The summed E-state index contributed by atoms with van der Waals surface area (Å²) in [6.45, 7) is 3.23. The summed E-state index contributed by atoms with van der Waals surface area (Å²) in [7, 11) is -5.14. The van der Waals surface area contributed by atoms with E-state index in [9.17, 15) is 44.6 Å². The normalized spacial score (nSPS) is 21.7. The highest BCUT2D eigenvalue weighted by Crippen LogP contribution is 2.47. The molecule has 64 heavy (non-hydrogen) atoms. The van der Waals surface area contributed by atoms with Crippen molar-refractivity contribution in [2.45, 2.75) is 268 Å². The average Bonchev–Trinajstić information content (AvgIpc) is 3.28. The van der Waals surface area contributed by atoms with Crippen LogP contribution in [0.1, 0.15) is 226 Å². The van der Waals surface area contributed by atoms with Crippen molar-refractivity contribution in [2.75, 3.05) is 13.2 Å². The Kier molecular flexibility index (Phi) is 38.1. The van der Waals surface area contributed by atoms with E-state index in [0.29, 0.717) is 6.42 Å². The number of carbonyl (C=O) groups excluding carboxylic acids is 2. The van der Waals surface area contributed by atoms with E-state index < -0.39 is 75.7 Å². The smallest absolute Gasteiger partial charge is 0.458 e. The van der Waals surface area contributed by atoms with Crippen molar-refractivity contribution in [2.24, 2.45) is 0 Å². The van der Waals surface area contributed by atoms with E-state index in [2.05, 4.69) is 13.8 Å². The van der Waals surface area contributed by atoms with Crippen LogP contribution in [-0.4, -0.2) is 98.3 Å². The standard InChI is InChI=1S/C50H93O13P/c1-3-5-7-9-11-13-15-17-19-20-21-22-23-25-27-29-31-33-35-37-39-44(52)62-42(41-61-64(58,59)63-50-48(56)46(54)45(53)47(55)49(50)57)40-60-43(51)38-36-34-32-30-28-26-24-18-16-14-12-10-8-6-4-2/h32,34,36,38,42,45-50,53-57H,3-31,33,35,37,39-41H2,1-2H3,(H,58,59)/b34-32+,38-36+/t42-,45?,46-,47?,48?,49?,50?/m1/s1. The molecule has 1 saturated carbocycles. The number of aliphatic hydroxyl groups is 5. The molecule has 0 radical (unpaired) electrons. The summed E-state index contributed by atoms with van der Waals surface area (Å²) in [5, 5.41) is 50.2. The minimum Gasteiger partial charge on any atom is -0.458 e. The third-order valence-electron chi connectivity index (χ3n) is 12.1. The third kappa shape index (κ3) is 32.1. The lowest BCUT2D eigenvalue weighted by Crippen LogP contribution is -2.64. The summed E-state index contributed by atoms with van der Waals surface area (Å²) < 4.78 is 33.4. The Morgan fingerprint density at radius 2 is 0.891 bits per heavy atom. The predicted octanol–water partition coefficient (Wildman–Crippen LogP) is 10.8. The Morgan fingerprint density at radius 3 is 1.31 bits per heavy atom. The van der Waals surface area contributed by atoms with Crippen molar-refractivity contribution < 1.29 is 63.1 Å². The van der Waals surface area contributed by atoms with Gasteiger partial charge in [0.15, 0.2) is 6.10 Å². The van der Waals surface area contributed by atoms with Crippen LogP contribution in [0.5, 0.6) is 0 Å². The number of allylic oxidation sites excluding steroid dienone is 3. The highest BCUT2D eigenvalue weighted by molar-refractivity contribution is 7.47. The second-order valence-electron chi connectivity index (χ2n) is 18.1. The molecular weight excluding hydrogens is 840 g/mol. The molecule has 6 N–H and O–H groups in total. The molecular formula is C50H93O13P. The molecule has 0 aliphatic heterocycles. The molecule has 1 fully saturated rings. The van der Waals surface area contributed by atoms with Crippen molar-refractivity contribution in [1.29, 1.82) is 0 Å². The number of rotatable bonds is 43. The van der Waals surface area contributed by atoms with Gasteiger partial charge in [-0.2, -0.15) is 0 Å². The van der Waals surface area contributed by atoms with E-state index in [1.54, 1.807) is 12.2 Å². The molecule has 13 nitrogen and oxygen atoms in total. The number of aliphatic hydroxyl groups excluding tert-OH is 5. The zero-order valence-electron chi connectivity index (χ0n) is 40.1. The van der Waals surface area contributed by atoms with Crippen LogP contribution < -0.4 is 0 Å². The van der Waals surface area contributed by atoms with E-state index in [0.717, 1.165) is 44.9 Å². The number of hydrogen-bond acceptors (Lipinski definition) is 12. The van der Waals surface area contributed by atoms with Crippen LogP contribution >= 0.6 is 7.82 Å². The van der Waals surface area contributed by atoms with Gasteiger partial charge < -0.3 is 39.9 Å². The van der Waals surface area contributed by atoms with Gasteiger partial charge in [0.1, 0.15) is 43.2 Å². The average molecular weight is 933 g/mol. The first kappa shape index (κ1) is 60.3. The minimum absolute atomic E-state index is 0.0824. The van der Waals surface area contributed by atoms with Gasteiger partial charge in [-0.15, -0.1) is 0 Å². The quantitative estimate of drug-likeness (QED) is 0.0111. The van der Waals surface area contributed by atoms with Crippen molar-refractivity contribution in [3.05, 3.63) is 24.3 Å². The first-order chi connectivity index (χ1) is 30.9. The molecule has 14 heteroatoms. The van der Waals surface area contributed by atoms with E-state index in [1.807, 2.05) is 6.08 Å². The summed E-state index contributed by atoms with van der Waals surface area (Å²) in [5.41, 5.74) is 0. The molecule has 1 aliphatic rings. The lowest BCUT2D eigenvalue weighted by atomic mass is 9.85. The van der Waals surface area contributed by atoms with E-state index in [1.165, 1.54) is 160 Å². The van der Waals surface area contributed by atoms with Gasteiger partial charge in [0.05, 0.1) is 6.61 Å². The molecule has 0 spiro atoms. The monoisotopic (exact) mass is 933 g/mol. The first-order valence-corrected chi connectivity index (χ1v) is 27.2. The zero-order chi connectivity index (χ0) is 47.1. The molecule has 1 rings (SSSR count). The van der Waals surface area contributed by atoms with Crippen LogP contribution in [0.3, 0.4) is 0 Å².